The van der Waals surface area contributed by atoms with Crippen molar-refractivity contribution in [1.82, 2.24) is 5.32 Å². The minimum Gasteiger partial charge on any atom is -0.373 e. The summed E-state index contributed by atoms with van der Waals surface area (Å²) in [5.41, 5.74) is 0. The first-order chi connectivity index (χ1) is 5.96. The molecular formula is C7H15NO5. The number of nitrogens with one attached hydrogen (secondary N) is 1. The summed E-state index contributed by atoms with van der Waals surface area (Å²) in [6.07, 6.45) is -1.54. The van der Waals surface area contributed by atoms with E-state index < -0.39 is 18.4 Å². The molecule has 0 aromatic carbocycles. The molecule has 4 N–H and O–H groups in total. The van der Waals surface area contributed by atoms with Crippen LogP contribution in [0.15, 0.2) is 12.7 Å². The molecule has 0 fully saturated rings. The Morgan fingerprint density at radius 3 is 2.15 bits per heavy atom. The zero-order valence-corrected chi connectivity index (χ0v) is 7.60. The molecular weight excluding hydrogens is 178 g/mol. The van der Waals surface area contributed by atoms with Crippen LogP contribution in [0, 0.1) is 0 Å². The summed E-state index contributed by atoms with van der Waals surface area (Å²) in [6.45, 7) is 3.14. The first kappa shape index (κ1) is 12.5. The molecule has 6 heteroatoms. The zero-order chi connectivity index (χ0) is 10.5. The van der Waals surface area contributed by atoms with Gasteiger partial charge in [-0.25, -0.2) is 5.32 Å². The van der Waals surface area contributed by atoms with Gasteiger partial charge in [0.2, 0.25) is 5.91 Å². The molecule has 0 heterocycles. The summed E-state index contributed by atoms with van der Waals surface area (Å²) in [5.74, 6) is -2.35. The maximum Gasteiger partial charge on any atom is 0.245 e. The average molecular weight is 193 g/mol. The molecule has 0 aliphatic rings. The van der Waals surface area contributed by atoms with Crippen molar-refractivity contribution in [3.63, 3.8) is 0 Å². The van der Waals surface area contributed by atoms with E-state index in [1.807, 2.05) is 5.32 Å². The standard InChI is InChI=1S/C7H15NO5/c1-4-7(10,11)8-5(9)6(12-2)13-3/h4-6,8-11H,1H2,2-3H3/t5-/m1/s1. The molecule has 0 spiro atoms. The lowest BCUT2D eigenvalue weighted by molar-refractivity contribution is -0.225. The van der Waals surface area contributed by atoms with Crippen LogP contribution in [0.3, 0.4) is 0 Å². The van der Waals surface area contributed by atoms with Gasteiger partial charge in [-0.3, -0.25) is 0 Å². The first-order valence-corrected chi connectivity index (χ1v) is 3.56. The van der Waals surface area contributed by atoms with Gasteiger partial charge in [0.25, 0.3) is 0 Å². The molecule has 13 heavy (non-hydrogen) atoms. The first-order valence-electron chi connectivity index (χ1n) is 3.56. The van der Waals surface area contributed by atoms with Crippen LogP contribution in [0.2, 0.25) is 0 Å². The number of aliphatic hydroxyl groups is 3. The Labute approximate surface area is 76.4 Å². The Morgan fingerprint density at radius 2 is 1.85 bits per heavy atom. The highest BCUT2D eigenvalue weighted by Crippen LogP contribution is 2.02. The Balaban J connectivity index is 4.11. The highest BCUT2D eigenvalue weighted by molar-refractivity contribution is 4.84. The van der Waals surface area contributed by atoms with Crippen LogP contribution in [0.4, 0.5) is 0 Å². The van der Waals surface area contributed by atoms with Gasteiger partial charge in [-0.1, -0.05) is 6.58 Å². The van der Waals surface area contributed by atoms with Gasteiger partial charge in [0.1, 0.15) is 0 Å². The number of methoxy groups -OCH3 is 2. The molecule has 0 rings (SSSR count). The molecule has 0 aromatic heterocycles. The summed E-state index contributed by atoms with van der Waals surface area (Å²) in [5, 5.41) is 29.2. The predicted octanol–water partition coefficient (Wildman–Crippen LogP) is -1.66. The summed E-state index contributed by atoms with van der Waals surface area (Å²) in [7, 11) is 2.62. The molecule has 0 aliphatic heterocycles. The van der Waals surface area contributed by atoms with E-state index in [0.29, 0.717) is 0 Å². The smallest absolute Gasteiger partial charge is 0.245 e. The SMILES string of the molecule is C=CC(O)(O)N[C@H](O)C(OC)OC. The van der Waals surface area contributed by atoms with Crippen molar-refractivity contribution in [3.05, 3.63) is 12.7 Å². The van der Waals surface area contributed by atoms with Crippen molar-refractivity contribution in [2.45, 2.75) is 18.4 Å². The predicted molar refractivity (Wildman–Crippen MR) is 44.3 cm³/mol. The van der Waals surface area contributed by atoms with Gasteiger partial charge in [0.15, 0.2) is 12.5 Å². The normalized spacial score (nSPS) is 14.6. The molecule has 6 nitrogen and oxygen atoms in total. The van der Waals surface area contributed by atoms with Gasteiger partial charge in [-0.2, -0.15) is 0 Å². The van der Waals surface area contributed by atoms with Crippen molar-refractivity contribution in [2.75, 3.05) is 14.2 Å². The second-order valence-corrected chi connectivity index (χ2v) is 2.36. The second kappa shape index (κ2) is 5.28. The van der Waals surface area contributed by atoms with Crippen molar-refractivity contribution >= 4 is 0 Å². The van der Waals surface area contributed by atoms with Crippen molar-refractivity contribution in [1.29, 1.82) is 0 Å². The van der Waals surface area contributed by atoms with E-state index in [-0.39, 0.29) is 0 Å². The van der Waals surface area contributed by atoms with Gasteiger partial charge < -0.3 is 24.8 Å². The second-order valence-electron chi connectivity index (χ2n) is 2.36. The number of rotatable bonds is 6. The zero-order valence-electron chi connectivity index (χ0n) is 7.60. The third-order valence-electron chi connectivity index (χ3n) is 1.37. The van der Waals surface area contributed by atoms with E-state index in [9.17, 15) is 5.11 Å². The average Bonchev–Trinajstić information content (AvgIpc) is 2.06. The Bertz CT molecular complexity index is 157. The van der Waals surface area contributed by atoms with Gasteiger partial charge in [-0.15, -0.1) is 0 Å². The highest BCUT2D eigenvalue weighted by Gasteiger charge is 2.27. The lowest BCUT2D eigenvalue weighted by atomic mass is 10.4. The maximum atomic E-state index is 9.25. The number of hydrogen-bond donors (Lipinski definition) is 4. The fourth-order valence-electron chi connectivity index (χ4n) is 0.699. The monoisotopic (exact) mass is 193 g/mol. The van der Waals surface area contributed by atoms with Crippen LogP contribution < -0.4 is 5.32 Å². The van der Waals surface area contributed by atoms with Gasteiger partial charge >= 0.3 is 0 Å². The van der Waals surface area contributed by atoms with Crippen LogP contribution in [-0.2, 0) is 9.47 Å². The molecule has 0 amide bonds. The topological polar surface area (TPSA) is 91.2 Å². The number of hydrogen-bond acceptors (Lipinski definition) is 6. The molecule has 0 saturated carbocycles. The van der Waals surface area contributed by atoms with Gasteiger partial charge in [0.05, 0.1) is 0 Å². The molecule has 0 aliphatic carbocycles. The van der Waals surface area contributed by atoms with E-state index in [1.54, 1.807) is 0 Å². The molecule has 78 valence electrons. The summed E-state index contributed by atoms with van der Waals surface area (Å²) in [6, 6.07) is 0. The number of aliphatic hydroxyl groups excluding tert-OH is 1. The third-order valence-corrected chi connectivity index (χ3v) is 1.37. The van der Waals surface area contributed by atoms with Crippen molar-refractivity contribution < 1.29 is 24.8 Å². The largest absolute Gasteiger partial charge is 0.373 e. The lowest BCUT2D eigenvalue weighted by Crippen LogP contribution is -2.54. The van der Waals surface area contributed by atoms with E-state index in [2.05, 4.69) is 16.1 Å². The van der Waals surface area contributed by atoms with E-state index in [0.717, 1.165) is 6.08 Å². The molecule has 1 atom stereocenters. The third kappa shape index (κ3) is 4.32. The Hall–Kier alpha value is -0.500. The molecule has 0 saturated heterocycles. The molecule has 0 radical (unpaired) electrons. The van der Waals surface area contributed by atoms with Crippen LogP contribution in [0.1, 0.15) is 0 Å². The van der Waals surface area contributed by atoms with E-state index in [4.69, 9.17) is 10.2 Å². The number of ether oxygens (including phenoxy) is 2. The summed E-state index contributed by atoms with van der Waals surface area (Å²) < 4.78 is 9.32. The molecule has 0 aromatic rings. The quantitative estimate of drug-likeness (QED) is 0.298. The minimum absolute atomic E-state index is 0.818. The van der Waals surface area contributed by atoms with E-state index in [1.165, 1.54) is 14.2 Å². The lowest BCUT2D eigenvalue weighted by Gasteiger charge is -2.26. The molecule has 0 bridgehead atoms. The summed E-state index contributed by atoms with van der Waals surface area (Å²) >= 11 is 0. The highest BCUT2D eigenvalue weighted by atomic mass is 16.7. The van der Waals surface area contributed by atoms with Gasteiger partial charge in [-0.05, 0) is 6.08 Å². The van der Waals surface area contributed by atoms with Crippen molar-refractivity contribution in [2.24, 2.45) is 0 Å². The van der Waals surface area contributed by atoms with Crippen LogP contribution in [0.25, 0.3) is 0 Å². The summed E-state index contributed by atoms with van der Waals surface area (Å²) in [4.78, 5) is 0. The van der Waals surface area contributed by atoms with Crippen LogP contribution in [0.5, 0.6) is 0 Å². The van der Waals surface area contributed by atoms with Crippen LogP contribution >= 0.6 is 0 Å². The molecule has 0 unspecified atom stereocenters. The minimum atomic E-state index is -2.35. The Morgan fingerprint density at radius 1 is 1.38 bits per heavy atom. The van der Waals surface area contributed by atoms with E-state index >= 15 is 0 Å². The van der Waals surface area contributed by atoms with Crippen molar-refractivity contribution in [3.8, 4) is 0 Å². The fourth-order valence-corrected chi connectivity index (χ4v) is 0.699. The van der Waals surface area contributed by atoms with Crippen LogP contribution in [-0.4, -0.2) is 48.0 Å². The maximum absolute atomic E-state index is 9.25. The fraction of sp³-hybridized carbons (Fsp3) is 0.714. The Kier molecular flexibility index (Phi) is 5.07. The van der Waals surface area contributed by atoms with Gasteiger partial charge in [0, 0.05) is 14.2 Å².